The lowest BCUT2D eigenvalue weighted by Crippen LogP contribution is -1.99. The van der Waals surface area contributed by atoms with Crippen molar-refractivity contribution in [3.8, 4) is 21.1 Å². The molecule has 0 saturated carbocycles. The largest absolute Gasteiger partial charge is 0.294 e. The Morgan fingerprint density at radius 3 is 2.32 bits per heavy atom. The van der Waals surface area contributed by atoms with Crippen LogP contribution in [-0.4, -0.2) is 15.8 Å². The van der Waals surface area contributed by atoms with Crippen molar-refractivity contribution in [2.75, 3.05) is 0 Å². The molecule has 0 unspecified atom stereocenters. The van der Waals surface area contributed by atoms with Crippen LogP contribution in [0.5, 0.6) is 0 Å². The van der Waals surface area contributed by atoms with E-state index in [9.17, 15) is 4.79 Å². The topological polar surface area (TPSA) is 42.9 Å². The summed E-state index contributed by atoms with van der Waals surface area (Å²) >= 11 is 1.63. The van der Waals surface area contributed by atoms with E-state index in [2.05, 4.69) is 22.1 Å². The van der Waals surface area contributed by atoms with E-state index >= 15 is 0 Å². The normalized spacial score (nSPS) is 10.7. The number of pyridine rings is 1. The number of Topliss-reactive ketones (excluding diaryl/α,β-unsaturated/α-hetero) is 1. The lowest BCUT2D eigenvalue weighted by molar-refractivity contribution is 0.101. The SMILES string of the molecule is CC(=O)c1ccc(-c2sc(-c3ccccc3)nc2C)nc1C. The van der Waals surface area contributed by atoms with Crippen LogP contribution >= 0.6 is 11.3 Å². The lowest BCUT2D eigenvalue weighted by Gasteiger charge is -2.04. The third-order valence-electron chi connectivity index (χ3n) is 3.52. The van der Waals surface area contributed by atoms with Crippen molar-refractivity contribution in [1.82, 2.24) is 9.97 Å². The van der Waals surface area contributed by atoms with Gasteiger partial charge in [-0.05, 0) is 32.9 Å². The van der Waals surface area contributed by atoms with Gasteiger partial charge in [0, 0.05) is 16.8 Å². The van der Waals surface area contributed by atoms with Gasteiger partial charge in [0.25, 0.3) is 0 Å². The van der Waals surface area contributed by atoms with Crippen molar-refractivity contribution in [3.63, 3.8) is 0 Å². The summed E-state index contributed by atoms with van der Waals surface area (Å²) in [6, 6.07) is 13.9. The molecule has 0 bridgehead atoms. The standard InChI is InChI=1S/C18H16N2OS/c1-11-15(13(3)21)9-10-16(19-11)17-12(2)20-18(22-17)14-7-5-4-6-8-14/h4-10H,1-3H3. The van der Waals surface area contributed by atoms with E-state index in [4.69, 9.17) is 0 Å². The Morgan fingerprint density at radius 2 is 1.68 bits per heavy atom. The molecule has 0 atom stereocenters. The molecule has 0 N–H and O–H groups in total. The van der Waals surface area contributed by atoms with Gasteiger partial charge >= 0.3 is 0 Å². The number of benzene rings is 1. The molecule has 0 aliphatic rings. The Hall–Kier alpha value is -2.33. The van der Waals surface area contributed by atoms with E-state index in [1.54, 1.807) is 18.3 Å². The van der Waals surface area contributed by atoms with Crippen LogP contribution in [0.4, 0.5) is 0 Å². The van der Waals surface area contributed by atoms with E-state index in [1.807, 2.05) is 44.2 Å². The molecule has 0 amide bonds. The number of rotatable bonds is 3. The van der Waals surface area contributed by atoms with Gasteiger partial charge in [0.2, 0.25) is 0 Å². The molecule has 0 saturated heterocycles. The fourth-order valence-electron chi connectivity index (χ4n) is 2.40. The molecule has 3 rings (SSSR count). The highest BCUT2D eigenvalue weighted by atomic mass is 32.1. The zero-order valence-electron chi connectivity index (χ0n) is 12.8. The van der Waals surface area contributed by atoms with Crippen LogP contribution in [0.2, 0.25) is 0 Å². The summed E-state index contributed by atoms with van der Waals surface area (Å²) in [4.78, 5) is 21.8. The molecule has 2 aromatic heterocycles. The summed E-state index contributed by atoms with van der Waals surface area (Å²) in [6.45, 7) is 5.43. The Bertz CT molecular complexity index is 838. The van der Waals surface area contributed by atoms with Crippen LogP contribution in [-0.2, 0) is 0 Å². The molecule has 22 heavy (non-hydrogen) atoms. The number of ketones is 1. The van der Waals surface area contributed by atoms with Gasteiger partial charge < -0.3 is 0 Å². The molecule has 2 heterocycles. The first-order chi connectivity index (χ1) is 10.6. The smallest absolute Gasteiger partial charge is 0.161 e. The Balaban J connectivity index is 2.04. The predicted octanol–water partition coefficient (Wildman–Crippen LogP) is 4.69. The number of aromatic nitrogens is 2. The van der Waals surface area contributed by atoms with E-state index < -0.39 is 0 Å². The Morgan fingerprint density at radius 1 is 0.955 bits per heavy atom. The van der Waals surface area contributed by atoms with Gasteiger partial charge in [0.15, 0.2) is 5.78 Å². The molecule has 0 radical (unpaired) electrons. The van der Waals surface area contributed by atoms with E-state index in [1.165, 1.54) is 0 Å². The maximum absolute atomic E-state index is 11.5. The summed E-state index contributed by atoms with van der Waals surface area (Å²) in [5, 5.41) is 0.989. The highest BCUT2D eigenvalue weighted by Gasteiger charge is 2.14. The van der Waals surface area contributed by atoms with Crippen LogP contribution in [0.1, 0.15) is 28.7 Å². The van der Waals surface area contributed by atoms with Crippen LogP contribution in [0.25, 0.3) is 21.1 Å². The second-order valence-corrected chi connectivity index (χ2v) is 6.18. The molecular formula is C18H16N2OS. The van der Waals surface area contributed by atoms with Gasteiger partial charge in [-0.2, -0.15) is 0 Å². The summed E-state index contributed by atoms with van der Waals surface area (Å²) in [5.41, 5.74) is 4.39. The van der Waals surface area contributed by atoms with E-state index in [0.717, 1.165) is 32.5 Å². The molecule has 3 nitrogen and oxygen atoms in total. The minimum absolute atomic E-state index is 0.0440. The maximum atomic E-state index is 11.5. The zero-order chi connectivity index (χ0) is 15.7. The van der Waals surface area contributed by atoms with E-state index in [-0.39, 0.29) is 5.78 Å². The summed E-state index contributed by atoms with van der Waals surface area (Å²) in [7, 11) is 0. The zero-order valence-corrected chi connectivity index (χ0v) is 13.6. The van der Waals surface area contributed by atoms with Gasteiger partial charge in [-0.3, -0.25) is 9.78 Å². The molecule has 0 aliphatic heterocycles. The Labute approximate surface area is 133 Å². The summed E-state index contributed by atoms with van der Waals surface area (Å²) in [6.07, 6.45) is 0. The Kier molecular flexibility index (Phi) is 3.86. The van der Waals surface area contributed by atoms with Crippen molar-refractivity contribution in [3.05, 3.63) is 59.4 Å². The van der Waals surface area contributed by atoms with Crippen molar-refractivity contribution >= 4 is 17.1 Å². The molecular weight excluding hydrogens is 292 g/mol. The minimum Gasteiger partial charge on any atom is -0.294 e. The first kappa shape index (κ1) is 14.6. The van der Waals surface area contributed by atoms with Crippen LogP contribution in [0, 0.1) is 13.8 Å². The lowest BCUT2D eigenvalue weighted by atomic mass is 10.1. The molecule has 4 heteroatoms. The number of hydrogen-bond acceptors (Lipinski definition) is 4. The average molecular weight is 308 g/mol. The summed E-state index contributed by atoms with van der Waals surface area (Å²) < 4.78 is 0. The number of carbonyl (C=O) groups is 1. The number of nitrogens with zero attached hydrogens (tertiary/aromatic N) is 2. The van der Waals surface area contributed by atoms with Crippen LogP contribution in [0.15, 0.2) is 42.5 Å². The highest BCUT2D eigenvalue weighted by molar-refractivity contribution is 7.18. The second-order valence-electron chi connectivity index (χ2n) is 5.19. The monoisotopic (exact) mass is 308 g/mol. The minimum atomic E-state index is 0.0440. The molecule has 3 aromatic rings. The van der Waals surface area contributed by atoms with Crippen molar-refractivity contribution in [1.29, 1.82) is 0 Å². The van der Waals surface area contributed by atoms with Gasteiger partial charge in [-0.1, -0.05) is 30.3 Å². The van der Waals surface area contributed by atoms with Gasteiger partial charge in [-0.15, -0.1) is 11.3 Å². The van der Waals surface area contributed by atoms with Crippen LogP contribution < -0.4 is 0 Å². The number of aryl methyl sites for hydroxylation is 2. The fourth-order valence-corrected chi connectivity index (χ4v) is 3.44. The molecule has 1 aromatic carbocycles. The average Bonchev–Trinajstić information content (AvgIpc) is 2.89. The fraction of sp³-hybridized carbons (Fsp3) is 0.167. The van der Waals surface area contributed by atoms with Crippen molar-refractivity contribution in [2.24, 2.45) is 0 Å². The number of hydrogen-bond donors (Lipinski definition) is 0. The maximum Gasteiger partial charge on any atom is 0.161 e. The third-order valence-corrected chi connectivity index (χ3v) is 4.74. The van der Waals surface area contributed by atoms with Crippen molar-refractivity contribution < 1.29 is 4.79 Å². The number of carbonyl (C=O) groups excluding carboxylic acids is 1. The summed E-state index contributed by atoms with van der Waals surface area (Å²) in [5.74, 6) is 0.0440. The van der Waals surface area contributed by atoms with Gasteiger partial charge in [0.05, 0.1) is 16.3 Å². The first-order valence-corrected chi connectivity index (χ1v) is 7.89. The highest BCUT2D eigenvalue weighted by Crippen LogP contribution is 2.34. The van der Waals surface area contributed by atoms with Crippen LogP contribution in [0.3, 0.4) is 0 Å². The van der Waals surface area contributed by atoms with E-state index in [0.29, 0.717) is 5.56 Å². The first-order valence-electron chi connectivity index (χ1n) is 7.08. The second kappa shape index (κ2) is 5.81. The molecule has 0 spiro atoms. The van der Waals surface area contributed by atoms with Crippen molar-refractivity contribution in [2.45, 2.75) is 20.8 Å². The number of thiazole rings is 1. The van der Waals surface area contributed by atoms with Gasteiger partial charge in [-0.25, -0.2) is 4.98 Å². The molecule has 110 valence electrons. The van der Waals surface area contributed by atoms with Gasteiger partial charge in [0.1, 0.15) is 5.01 Å². The quantitative estimate of drug-likeness (QED) is 0.659. The molecule has 0 aliphatic carbocycles. The molecule has 0 fully saturated rings. The third kappa shape index (κ3) is 2.70. The predicted molar refractivity (Wildman–Crippen MR) is 90.3 cm³/mol.